The van der Waals surface area contributed by atoms with Gasteiger partial charge in [0.25, 0.3) is 0 Å². The van der Waals surface area contributed by atoms with Crippen LogP contribution in [0.15, 0.2) is 253 Å². The van der Waals surface area contributed by atoms with E-state index in [-0.39, 0.29) is 0 Å². The monoisotopic (exact) mass is 855 g/mol. The van der Waals surface area contributed by atoms with Gasteiger partial charge in [-0.2, -0.15) is 0 Å². The minimum atomic E-state index is 0.566. The van der Waals surface area contributed by atoms with E-state index in [4.69, 9.17) is 19.4 Å². The number of aromatic nitrogens is 3. The zero-order valence-electron chi connectivity index (χ0n) is 36.4. The van der Waals surface area contributed by atoms with E-state index in [2.05, 4.69) is 224 Å². The van der Waals surface area contributed by atoms with Gasteiger partial charge in [0, 0.05) is 27.5 Å². The summed E-state index contributed by atoms with van der Waals surface area (Å²) in [5.74, 6) is 1.75. The number of rotatable bonds is 9. The van der Waals surface area contributed by atoms with Crippen LogP contribution in [0, 0.1) is 0 Å². The number of benzene rings is 10. The van der Waals surface area contributed by atoms with E-state index in [9.17, 15) is 0 Å². The zero-order chi connectivity index (χ0) is 44.5. The van der Waals surface area contributed by atoms with Crippen molar-refractivity contribution in [3.05, 3.63) is 249 Å². The lowest BCUT2D eigenvalue weighted by Gasteiger charge is -2.11. The summed E-state index contributed by atoms with van der Waals surface area (Å²) in [4.78, 5) is 15.4. The lowest BCUT2D eigenvalue weighted by molar-refractivity contribution is 0.669. The fourth-order valence-corrected chi connectivity index (χ4v) is 9.07. The molecule has 0 spiro atoms. The van der Waals surface area contributed by atoms with Crippen LogP contribution in [0.25, 0.3) is 123 Å². The molecule has 314 valence electrons. The summed E-state index contributed by atoms with van der Waals surface area (Å²) in [6.07, 6.45) is 0. The molecule has 10 aromatic carbocycles. The van der Waals surface area contributed by atoms with Crippen molar-refractivity contribution < 1.29 is 4.42 Å². The Morgan fingerprint density at radius 1 is 0.224 bits per heavy atom. The van der Waals surface area contributed by atoms with Crippen molar-refractivity contribution in [3.63, 3.8) is 0 Å². The molecule has 2 aromatic heterocycles. The van der Waals surface area contributed by atoms with Crippen molar-refractivity contribution in [1.82, 2.24) is 15.0 Å². The Morgan fingerprint density at radius 2 is 0.567 bits per heavy atom. The SMILES string of the molecule is c1ccc(-c2ccc(-c3nc(-c4ccc(-c5cccc(-c6ccccc6)c5)cc4)nc(-c4ccc5c(c4)oc4cc(-c6ccccc6)cc(-c6ccc(-c7ccccc7)cc6)c45)n3)cc2)cc1. The predicted octanol–water partition coefficient (Wildman–Crippen LogP) is 16.8. The van der Waals surface area contributed by atoms with Crippen LogP contribution in [0.3, 0.4) is 0 Å². The highest BCUT2D eigenvalue weighted by atomic mass is 16.3. The molecule has 0 bridgehead atoms. The summed E-state index contributed by atoms with van der Waals surface area (Å²) in [5.41, 5.74) is 17.9. The van der Waals surface area contributed by atoms with Crippen molar-refractivity contribution >= 4 is 21.9 Å². The molecule has 2 heterocycles. The van der Waals surface area contributed by atoms with Crippen LogP contribution in [-0.4, -0.2) is 15.0 Å². The van der Waals surface area contributed by atoms with Gasteiger partial charge in [-0.15, -0.1) is 0 Å². The Bertz CT molecular complexity index is 3680. The first-order valence-electron chi connectivity index (χ1n) is 22.6. The van der Waals surface area contributed by atoms with Crippen molar-refractivity contribution in [2.75, 3.05) is 0 Å². The summed E-state index contributed by atoms with van der Waals surface area (Å²) in [7, 11) is 0. The molecule has 67 heavy (non-hydrogen) atoms. The van der Waals surface area contributed by atoms with Crippen LogP contribution in [0.1, 0.15) is 0 Å². The van der Waals surface area contributed by atoms with Gasteiger partial charge in [-0.25, -0.2) is 15.0 Å². The van der Waals surface area contributed by atoms with Gasteiger partial charge in [-0.1, -0.05) is 218 Å². The maximum atomic E-state index is 6.84. The third-order valence-electron chi connectivity index (χ3n) is 12.6. The quantitative estimate of drug-likeness (QED) is 0.145. The molecule has 0 saturated heterocycles. The van der Waals surface area contributed by atoms with E-state index >= 15 is 0 Å². The van der Waals surface area contributed by atoms with Crippen molar-refractivity contribution in [2.45, 2.75) is 0 Å². The van der Waals surface area contributed by atoms with E-state index < -0.39 is 0 Å². The molecule has 0 saturated carbocycles. The van der Waals surface area contributed by atoms with Crippen molar-refractivity contribution in [3.8, 4) is 101 Å². The molecule has 0 radical (unpaired) electrons. The second-order valence-corrected chi connectivity index (χ2v) is 16.8. The lowest BCUT2D eigenvalue weighted by atomic mass is 9.93. The van der Waals surface area contributed by atoms with Gasteiger partial charge in [0.1, 0.15) is 11.2 Å². The van der Waals surface area contributed by atoms with Crippen molar-refractivity contribution in [2.24, 2.45) is 0 Å². The molecule has 0 amide bonds. The van der Waals surface area contributed by atoms with E-state index in [1.807, 2.05) is 24.3 Å². The third-order valence-corrected chi connectivity index (χ3v) is 12.6. The Morgan fingerprint density at radius 3 is 1.06 bits per heavy atom. The number of fused-ring (bicyclic) bond motifs is 3. The van der Waals surface area contributed by atoms with Crippen LogP contribution in [0.2, 0.25) is 0 Å². The maximum Gasteiger partial charge on any atom is 0.164 e. The topological polar surface area (TPSA) is 51.8 Å². The fraction of sp³-hybridized carbons (Fsp3) is 0. The van der Waals surface area contributed by atoms with Crippen LogP contribution >= 0.6 is 0 Å². The Hall–Kier alpha value is -8.99. The zero-order valence-corrected chi connectivity index (χ0v) is 36.4. The third kappa shape index (κ3) is 7.88. The average Bonchev–Trinajstić information content (AvgIpc) is 3.80. The molecular weight excluding hydrogens is 815 g/mol. The Labute approximate surface area is 389 Å². The molecule has 0 unspecified atom stereocenters. The second kappa shape index (κ2) is 17.2. The summed E-state index contributed by atoms with van der Waals surface area (Å²) in [6, 6.07) is 87.1. The van der Waals surface area contributed by atoms with Gasteiger partial charge in [0.05, 0.1) is 0 Å². The number of hydrogen-bond donors (Lipinski definition) is 0. The first kappa shape index (κ1) is 39.6. The van der Waals surface area contributed by atoms with Gasteiger partial charge in [0.2, 0.25) is 0 Å². The predicted molar refractivity (Wildman–Crippen MR) is 276 cm³/mol. The van der Waals surface area contributed by atoms with Gasteiger partial charge >= 0.3 is 0 Å². The molecule has 0 atom stereocenters. The van der Waals surface area contributed by atoms with E-state index in [0.29, 0.717) is 17.5 Å². The summed E-state index contributed by atoms with van der Waals surface area (Å²) in [5, 5.41) is 2.09. The molecule has 4 heteroatoms. The Kier molecular flexibility index (Phi) is 10.2. The molecular formula is C63H41N3O. The highest BCUT2D eigenvalue weighted by molar-refractivity contribution is 6.14. The molecule has 0 aliphatic heterocycles. The molecule has 0 aliphatic carbocycles. The van der Waals surface area contributed by atoms with Crippen LogP contribution in [0.4, 0.5) is 0 Å². The maximum absolute atomic E-state index is 6.84. The van der Waals surface area contributed by atoms with Gasteiger partial charge in [-0.05, 0) is 97.1 Å². The molecule has 0 aliphatic rings. The molecule has 0 N–H and O–H groups in total. The van der Waals surface area contributed by atoms with Crippen molar-refractivity contribution in [1.29, 1.82) is 0 Å². The van der Waals surface area contributed by atoms with Gasteiger partial charge < -0.3 is 4.42 Å². The standard InChI is InChI=1S/C63H41N3O/c1-5-14-42(15-6-1)46-24-30-49(31-25-46)57-39-55(45-20-11-4-12-21-45)41-59-60(57)56-37-36-54(40-58(56)67-59)63-65-61(50-32-26-47(27-33-50)43-16-7-2-8-17-43)64-62(66-63)51-34-28-48(29-35-51)53-23-13-22-52(38-53)44-18-9-3-10-19-44/h1-41H. The molecule has 12 rings (SSSR count). The van der Waals surface area contributed by atoms with Crippen LogP contribution in [-0.2, 0) is 0 Å². The smallest absolute Gasteiger partial charge is 0.164 e. The van der Waals surface area contributed by atoms with E-state index in [1.54, 1.807) is 0 Å². The summed E-state index contributed by atoms with van der Waals surface area (Å²) >= 11 is 0. The van der Waals surface area contributed by atoms with Crippen LogP contribution < -0.4 is 0 Å². The number of furan rings is 1. The number of nitrogens with zero attached hydrogens (tertiary/aromatic N) is 3. The fourth-order valence-electron chi connectivity index (χ4n) is 9.07. The summed E-state index contributed by atoms with van der Waals surface area (Å²) in [6.45, 7) is 0. The largest absolute Gasteiger partial charge is 0.456 e. The first-order chi connectivity index (χ1) is 33.2. The van der Waals surface area contributed by atoms with Gasteiger partial charge in [-0.3, -0.25) is 0 Å². The summed E-state index contributed by atoms with van der Waals surface area (Å²) < 4.78 is 6.84. The highest BCUT2D eigenvalue weighted by Gasteiger charge is 2.19. The average molecular weight is 856 g/mol. The normalized spacial score (nSPS) is 11.3. The lowest BCUT2D eigenvalue weighted by Crippen LogP contribution is -2.00. The molecule has 4 nitrogen and oxygen atoms in total. The molecule has 12 aromatic rings. The molecule has 0 fully saturated rings. The van der Waals surface area contributed by atoms with Gasteiger partial charge in [0.15, 0.2) is 17.5 Å². The Balaban J connectivity index is 0.963. The van der Waals surface area contributed by atoms with E-state index in [1.165, 1.54) is 22.3 Å². The van der Waals surface area contributed by atoms with Crippen LogP contribution in [0.5, 0.6) is 0 Å². The van der Waals surface area contributed by atoms with E-state index in [0.717, 1.165) is 83.1 Å². The highest BCUT2D eigenvalue weighted by Crippen LogP contribution is 2.42. The first-order valence-corrected chi connectivity index (χ1v) is 22.6. The minimum Gasteiger partial charge on any atom is -0.456 e. The minimum absolute atomic E-state index is 0.566. The second-order valence-electron chi connectivity index (χ2n) is 16.8. The number of hydrogen-bond acceptors (Lipinski definition) is 4.